The minimum Gasteiger partial charge on any atom is -0.481 e. The molecule has 0 heterocycles. The van der Waals surface area contributed by atoms with Gasteiger partial charge in [-0.3, -0.25) is 4.79 Å². The van der Waals surface area contributed by atoms with Gasteiger partial charge in [-0.1, -0.05) is 0 Å². The van der Waals surface area contributed by atoms with Gasteiger partial charge in [0, 0.05) is 0 Å². The lowest BCUT2D eigenvalue weighted by Gasteiger charge is -2.23. The van der Waals surface area contributed by atoms with Crippen LogP contribution in [0.1, 0.15) is 25.7 Å². The summed E-state index contributed by atoms with van der Waals surface area (Å²) in [7, 11) is 0. The zero-order valence-electron chi connectivity index (χ0n) is 6.73. The molecule has 1 fully saturated rings. The normalized spacial score (nSPS) is 30.1. The highest BCUT2D eigenvalue weighted by Crippen LogP contribution is 2.25. The van der Waals surface area contributed by atoms with Crippen LogP contribution in [0, 0.1) is 5.92 Å². The molecule has 3 N–H and O–H groups in total. The fourth-order valence-electron chi connectivity index (χ4n) is 1.48. The molecular formula is C7H13NO4. The van der Waals surface area contributed by atoms with Crippen molar-refractivity contribution in [1.82, 2.24) is 0 Å². The van der Waals surface area contributed by atoms with Crippen molar-refractivity contribution in [2.75, 3.05) is 0 Å². The summed E-state index contributed by atoms with van der Waals surface area (Å²) in [5, 5.41) is 8.66. The SMILES string of the molecule is NOOC1CCC(C(=O)O)CC1. The van der Waals surface area contributed by atoms with E-state index in [2.05, 4.69) is 4.99 Å². The smallest absolute Gasteiger partial charge is 0.306 e. The van der Waals surface area contributed by atoms with Crippen molar-refractivity contribution in [3.8, 4) is 0 Å². The molecule has 1 saturated carbocycles. The van der Waals surface area contributed by atoms with Gasteiger partial charge in [0.05, 0.1) is 12.0 Å². The van der Waals surface area contributed by atoms with Gasteiger partial charge in [-0.05, 0) is 25.7 Å². The number of aliphatic carboxylic acids is 1. The van der Waals surface area contributed by atoms with Crippen LogP contribution in [0.2, 0.25) is 0 Å². The molecule has 1 aliphatic rings. The molecule has 0 aromatic carbocycles. The molecule has 0 aromatic rings. The second-order valence-corrected chi connectivity index (χ2v) is 3.00. The lowest BCUT2D eigenvalue weighted by Crippen LogP contribution is -2.26. The Morgan fingerprint density at radius 2 is 1.92 bits per heavy atom. The van der Waals surface area contributed by atoms with Crippen molar-refractivity contribution in [2.45, 2.75) is 31.8 Å². The van der Waals surface area contributed by atoms with E-state index in [-0.39, 0.29) is 12.0 Å². The van der Waals surface area contributed by atoms with E-state index in [0.717, 1.165) is 0 Å². The number of nitrogens with two attached hydrogens (primary N) is 1. The number of carboxylic acid groups (broad SMARTS) is 1. The number of hydrogen-bond acceptors (Lipinski definition) is 4. The maximum Gasteiger partial charge on any atom is 0.306 e. The number of rotatable bonds is 3. The molecule has 0 atom stereocenters. The van der Waals surface area contributed by atoms with Crippen molar-refractivity contribution in [3.63, 3.8) is 0 Å². The molecule has 5 heteroatoms. The maximum atomic E-state index is 10.5. The first-order chi connectivity index (χ1) is 5.74. The molecule has 0 radical (unpaired) electrons. The Kier molecular flexibility index (Phi) is 3.46. The van der Waals surface area contributed by atoms with Crippen molar-refractivity contribution < 1.29 is 19.8 Å². The Balaban J connectivity index is 2.25. The van der Waals surface area contributed by atoms with Crippen LogP contribution < -0.4 is 5.90 Å². The molecular weight excluding hydrogens is 162 g/mol. The third-order valence-corrected chi connectivity index (χ3v) is 2.22. The molecule has 0 spiro atoms. The Morgan fingerprint density at radius 1 is 1.33 bits per heavy atom. The summed E-state index contributed by atoms with van der Waals surface area (Å²) >= 11 is 0. The lowest BCUT2D eigenvalue weighted by molar-refractivity contribution is -0.334. The van der Waals surface area contributed by atoms with Crippen molar-refractivity contribution >= 4 is 5.97 Å². The van der Waals surface area contributed by atoms with Gasteiger partial charge in [0.15, 0.2) is 0 Å². The highest BCUT2D eigenvalue weighted by molar-refractivity contribution is 5.69. The van der Waals surface area contributed by atoms with Crippen LogP contribution in [-0.2, 0) is 14.7 Å². The van der Waals surface area contributed by atoms with E-state index in [1.165, 1.54) is 0 Å². The van der Waals surface area contributed by atoms with E-state index in [4.69, 9.17) is 15.9 Å². The summed E-state index contributed by atoms with van der Waals surface area (Å²) in [6, 6.07) is 0. The molecule has 12 heavy (non-hydrogen) atoms. The average molecular weight is 175 g/mol. The van der Waals surface area contributed by atoms with E-state index < -0.39 is 5.97 Å². The lowest BCUT2D eigenvalue weighted by atomic mass is 9.88. The molecule has 0 unspecified atom stereocenters. The van der Waals surface area contributed by atoms with Gasteiger partial charge >= 0.3 is 5.97 Å². The Bertz CT molecular complexity index is 153. The zero-order chi connectivity index (χ0) is 8.97. The van der Waals surface area contributed by atoms with Crippen LogP contribution >= 0.6 is 0 Å². The van der Waals surface area contributed by atoms with Crippen molar-refractivity contribution in [2.24, 2.45) is 11.8 Å². The van der Waals surface area contributed by atoms with Crippen LogP contribution in [-0.4, -0.2) is 17.2 Å². The topological polar surface area (TPSA) is 81.8 Å². The fraction of sp³-hybridized carbons (Fsp3) is 0.857. The van der Waals surface area contributed by atoms with E-state index in [1.54, 1.807) is 0 Å². The molecule has 5 nitrogen and oxygen atoms in total. The summed E-state index contributed by atoms with van der Waals surface area (Å²) in [6.07, 6.45) is 2.65. The summed E-state index contributed by atoms with van der Waals surface area (Å²) in [6.45, 7) is 0. The number of hydrogen-bond donors (Lipinski definition) is 2. The molecule has 1 rings (SSSR count). The third kappa shape index (κ3) is 2.44. The van der Waals surface area contributed by atoms with Crippen LogP contribution in [0.4, 0.5) is 0 Å². The van der Waals surface area contributed by atoms with Crippen LogP contribution in [0.25, 0.3) is 0 Å². The first kappa shape index (κ1) is 9.44. The molecule has 0 bridgehead atoms. The number of carboxylic acids is 1. The van der Waals surface area contributed by atoms with Gasteiger partial charge < -0.3 is 5.11 Å². The van der Waals surface area contributed by atoms with Gasteiger partial charge in [-0.25, -0.2) is 4.89 Å². The Hall–Kier alpha value is -0.650. The van der Waals surface area contributed by atoms with Crippen LogP contribution in [0.3, 0.4) is 0 Å². The number of carbonyl (C=O) groups is 1. The Labute approximate surface area is 70.3 Å². The standard InChI is InChI=1S/C7H13NO4/c8-12-11-6-3-1-5(2-4-6)7(9)10/h5-6H,1-4,8H2,(H,9,10). The second-order valence-electron chi connectivity index (χ2n) is 3.00. The van der Waals surface area contributed by atoms with Gasteiger partial charge in [-0.15, -0.1) is 4.99 Å². The predicted molar refractivity (Wildman–Crippen MR) is 39.7 cm³/mol. The first-order valence-corrected chi connectivity index (χ1v) is 3.99. The van der Waals surface area contributed by atoms with E-state index >= 15 is 0 Å². The highest BCUT2D eigenvalue weighted by atomic mass is 17.3. The fourth-order valence-corrected chi connectivity index (χ4v) is 1.48. The Morgan fingerprint density at radius 3 is 2.33 bits per heavy atom. The van der Waals surface area contributed by atoms with Gasteiger partial charge in [-0.2, -0.15) is 5.90 Å². The van der Waals surface area contributed by atoms with Crippen molar-refractivity contribution in [1.29, 1.82) is 0 Å². The predicted octanol–water partition coefficient (Wildman–Crippen LogP) is 0.452. The van der Waals surface area contributed by atoms with Gasteiger partial charge in [0.1, 0.15) is 0 Å². The summed E-state index contributed by atoms with van der Waals surface area (Å²) in [5.41, 5.74) is 0. The minimum atomic E-state index is -0.720. The third-order valence-electron chi connectivity index (χ3n) is 2.22. The molecule has 0 aromatic heterocycles. The average Bonchev–Trinajstić information content (AvgIpc) is 2.06. The molecule has 0 aliphatic heterocycles. The largest absolute Gasteiger partial charge is 0.481 e. The maximum absolute atomic E-state index is 10.5. The van der Waals surface area contributed by atoms with E-state index in [9.17, 15) is 4.79 Å². The van der Waals surface area contributed by atoms with Gasteiger partial charge in [0.2, 0.25) is 0 Å². The molecule has 0 amide bonds. The zero-order valence-corrected chi connectivity index (χ0v) is 6.73. The molecule has 1 aliphatic carbocycles. The second kappa shape index (κ2) is 4.39. The minimum absolute atomic E-state index is 0.0365. The van der Waals surface area contributed by atoms with E-state index in [0.29, 0.717) is 25.7 Å². The van der Waals surface area contributed by atoms with Gasteiger partial charge in [0.25, 0.3) is 0 Å². The van der Waals surface area contributed by atoms with Crippen molar-refractivity contribution in [3.05, 3.63) is 0 Å². The highest BCUT2D eigenvalue weighted by Gasteiger charge is 2.26. The monoisotopic (exact) mass is 175 g/mol. The van der Waals surface area contributed by atoms with Crippen LogP contribution in [0.5, 0.6) is 0 Å². The van der Waals surface area contributed by atoms with Crippen LogP contribution in [0.15, 0.2) is 0 Å². The van der Waals surface area contributed by atoms with E-state index in [1.807, 2.05) is 0 Å². The summed E-state index contributed by atoms with van der Waals surface area (Å²) < 4.78 is 0. The first-order valence-electron chi connectivity index (χ1n) is 3.99. The molecule has 70 valence electrons. The molecule has 0 saturated heterocycles. The quantitative estimate of drug-likeness (QED) is 0.480. The summed E-state index contributed by atoms with van der Waals surface area (Å²) in [5.74, 6) is 3.78. The summed E-state index contributed by atoms with van der Waals surface area (Å²) in [4.78, 5) is 19.2.